The molecule has 8 heteroatoms. The Morgan fingerprint density at radius 1 is 1.37 bits per heavy atom. The number of aliphatic imine (C=N–C) groups is 1. The van der Waals surface area contributed by atoms with Gasteiger partial charge in [0.05, 0.1) is 13.1 Å². The van der Waals surface area contributed by atoms with E-state index >= 15 is 0 Å². The highest BCUT2D eigenvalue weighted by molar-refractivity contribution is 6.30. The Balaban J connectivity index is 1.81. The van der Waals surface area contributed by atoms with Gasteiger partial charge in [0.25, 0.3) is 0 Å². The van der Waals surface area contributed by atoms with Crippen LogP contribution in [0.1, 0.15) is 26.7 Å². The highest BCUT2D eigenvalue weighted by Crippen LogP contribution is 2.16. The molecule has 2 rings (SSSR count). The average Bonchev–Trinajstić information content (AvgIpc) is 2.63. The van der Waals surface area contributed by atoms with Crippen molar-refractivity contribution in [3.63, 3.8) is 0 Å². The summed E-state index contributed by atoms with van der Waals surface area (Å²) < 4.78 is 5.87. The normalized spacial score (nSPS) is 17.4. The number of nitrogens with two attached hydrogens (primary N) is 1. The van der Waals surface area contributed by atoms with Gasteiger partial charge in [-0.25, -0.2) is 4.99 Å². The number of benzene rings is 1. The third-order valence-corrected chi connectivity index (χ3v) is 4.56. The second-order valence-electron chi connectivity index (χ2n) is 6.76. The van der Waals surface area contributed by atoms with E-state index in [1.165, 1.54) is 0 Å². The summed E-state index contributed by atoms with van der Waals surface area (Å²) in [7, 11) is 0. The molecule has 1 saturated heterocycles. The van der Waals surface area contributed by atoms with Crippen molar-refractivity contribution in [2.75, 3.05) is 32.7 Å². The Morgan fingerprint density at radius 3 is 2.63 bits per heavy atom. The Bertz CT molecular complexity index is 615. The molecule has 150 valence electrons. The molecular weight excluding hydrogens is 366 g/mol. The molecule has 4 N–H and O–H groups in total. The molecule has 7 nitrogen and oxygen atoms in total. The molecule has 1 heterocycles. The van der Waals surface area contributed by atoms with Gasteiger partial charge in [-0.3, -0.25) is 9.69 Å². The first kappa shape index (κ1) is 21.3. The summed E-state index contributed by atoms with van der Waals surface area (Å²) >= 11 is 5.89. The van der Waals surface area contributed by atoms with Gasteiger partial charge in [0.2, 0.25) is 5.91 Å². The molecule has 1 amide bonds. The number of guanidine groups is 1. The van der Waals surface area contributed by atoms with Gasteiger partial charge in [-0.05, 0) is 51.0 Å². The van der Waals surface area contributed by atoms with E-state index in [9.17, 15) is 4.79 Å². The summed E-state index contributed by atoms with van der Waals surface area (Å²) in [6, 6.07) is 7.66. The number of ether oxygens (including phenoxy) is 1. The van der Waals surface area contributed by atoms with Crippen LogP contribution in [0, 0.1) is 0 Å². The van der Waals surface area contributed by atoms with Crippen LogP contribution in [0.2, 0.25) is 5.02 Å². The van der Waals surface area contributed by atoms with Gasteiger partial charge in [0.15, 0.2) is 5.96 Å². The van der Waals surface area contributed by atoms with Crippen molar-refractivity contribution in [2.24, 2.45) is 10.7 Å². The number of rotatable bonds is 8. The third kappa shape index (κ3) is 8.05. The third-order valence-electron chi connectivity index (χ3n) is 4.31. The predicted molar refractivity (Wildman–Crippen MR) is 109 cm³/mol. The first-order chi connectivity index (χ1) is 13.0. The number of carbonyl (C=O) groups is 1. The fourth-order valence-corrected chi connectivity index (χ4v) is 3.10. The zero-order valence-corrected chi connectivity index (χ0v) is 16.8. The minimum Gasteiger partial charge on any atom is -0.489 e. The van der Waals surface area contributed by atoms with Crippen molar-refractivity contribution in [1.29, 1.82) is 0 Å². The van der Waals surface area contributed by atoms with Gasteiger partial charge in [-0.2, -0.15) is 0 Å². The van der Waals surface area contributed by atoms with Crippen LogP contribution in [0.3, 0.4) is 0 Å². The van der Waals surface area contributed by atoms with E-state index in [1.807, 2.05) is 38.1 Å². The largest absolute Gasteiger partial charge is 0.489 e. The Labute approximate surface area is 166 Å². The number of halogens is 1. The Kier molecular flexibility index (Phi) is 8.67. The van der Waals surface area contributed by atoms with E-state index in [-0.39, 0.29) is 12.0 Å². The quantitative estimate of drug-likeness (QED) is 0.459. The van der Waals surface area contributed by atoms with Crippen molar-refractivity contribution in [2.45, 2.75) is 38.8 Å². The highest BCUT2D eigenvalue weighted by atomic mass is 35.5. The van der Waals surface area contributed by atoms with Crippen LogP contribution in [0.15, 0.2) is 29.3 Å². The molecule has 1 aromatic rings. The molecule has 27 heavy (non-hydrogen) atoms. The van der Waals surface area contributed by atoms with Gasteiger partial charge >= 0.3 is 0 Å². The predicted octanol–water partition coefficient (Wildman–Crippen LogP) is 1.61. The lowest BCUT2D eigenvalue weighted by Gasteiger charge is -2.32. The topological polar surface area (TPSA) is 92.0 Å². The van der Waals surface area contributed by atoms with Crippen molar-refractivity contribution < 1.29 is 9.53 Å². The van der Waals surface area contributed by atoms with Crippen LogP contribution in [0.25, 0.3) is 0 Å². The number of nitrogens with one attached hydrogen (secondary N) is 2. The maximum Gasteiger partial charge on any atom is 0.231 e. The summed E-state index contributed by atoms with van der Waals surface area (Å²) in [5.74, 6) is 1.30. The minimum atomic E-state index is -0.272. The van der Waals surface area contributed by atoms with E-state index in [0.29, 0.717) is 24.2 Å². The smallest absolute Gasteiger partial charge is 0.231 e. The molecule has 0 spiro atoms. The van der Waals surface area contributed by atoms with Crippen LogP contribution < -0.4 is 21.1 Å². The molecule has 0 bridgehead atoms. The van der Waals surface area contributed by atoms with Crippen LogP contribution in [-0.4, -0.2) is 61.6 Å². The molecule has 0 aromatic heterocycles. The van der Waals surface area contributed by atoms with Gasteiger partial charge in [0, 0.05) is 30.7 Å². The van der Waals surface area contributed by atoms with Crippen molar-refractivity contribution in [3.05, 3.63) is 29.3 Å². The van der Waals surface area contributed by atoms with Gasteiger partial charge in [-0.1, -0.05) is 11.6 Å². The zero-order valence-electron chi connectivity index (χ0n) is 16.1. The van der Waals surface area contributed by atoms with Crippen molar-refractivity contribution in [3.8, 4) is 5.75 Å². The summed E-state index contributed by atoms with van der Waals surface area (Å²) in [5.41, 5.74) is 5.26. The fraction of sp³-hybridized carbons (Fsp3) is 0.579. The monoisotopic (exact) mass is 395 g/mol. The zero-order chi connectivity index (χ0) is 19.6. The van der Waals surface area contributed by atoms with Crippen molar-refractivity contribution >= 4 is 23.5 Å². The number of carbonyl (C=O) groups excluding carboxylic acids is 1. The van der Waals surface area contributed by atoms with E-state index in [1.54, 1.807) is 0 Å². The number of piperidine rings is 1. The number of nitrogens with zero attached hydrogens (tertiary/aromatic N) is 2. The molecule has 0 saturated carbocycles. The fourth-order valence-electron chi connectivity index (χ4n) is 2.97. The Morgan fingerprint density at radius 2 is 2.04 bits per heavy atom. The summed E-state index contributed by atoms with van der Waals surface area (Å²) in [6.45, 7) is 7.41. The maximum atomic E-state index is 11.0. The van der Waals surface area contributed by atoms with E-state index in [4.69, 9.17) is 22.1 Å². The number of amides is 1. The average molecular weight is 396 g/mol. The van der Waals surface area contributed by atoms with Crippen LogP contribution >= 0.6 is 11.6 Å². The lowest BCUT2D eigenvalue weighted by Crippen LogP contribution is -2.50. The Hall–Kier alpha value is -1.99. The second-order valence-corrected chi connectivity index (χ2v) is 7.20. The summed E-state index contributed by atoms with van der Waals surface area (Å²) in [5, 5.41) is 7.45. The molecule has 0 aliphatic carbocycles. The summed E-state index contributed by atoms with van der Waals surface area (Å²) in [6.07, 6.45) is 1.85. The van der Waals surface area contributed by atoms with E-state index in [2.05, 4.69) is 20.5 Å². The lowest BCUT2D eigenvalue weighted by atomic mass is 10.1. The number of primary amides is 1. The van der Waals surface area contributed by atoms with Crippen LogP contribution in [0.5, 0.6) is 5.75 Å². The minimum absolute atomic E-state index is 0.0564. The van der Waals surface area contributed by atoms with Gasteiger partial charge in [0.1, 0.15) is 11.9 Å². The lowest BCUT2D eigenvalue weighted by molar-refractivity contribution is -0.119. The second kappa shape index (κ2) is 11.0. The number of hydrogen-bond acceptors (Lipinski definition) is 4. The SMILES string of the molecule is CCNC(=NCC(C)Oc1ccc(Cl)cc1)NC1CCN(CC(N)=O)CC1. The van der Waals surface area contributed by atoms with Gasteiger partial charge < -0.3 is 21.1 Å². The van der Waals surface area contributed by atoms with E-state index in [0.717, 1.165) is 44.2 Å². The van der Waals surface area contributed by atoms with Crippen LogP contribution in [-0.2, 0) is 4.79 Å². The highest BCUT2D eigenvalue weighted by Gasteiger charge is 2.20. The molecule has 1 atom stereocenters. The molecule has 0 radical (unpaired) electrons. The number of likely N-dealkylation sites (tertiary alicyclic amines) is 1. The van der Waals surface area contributed by atoms with Crippen LogP contribution in [0.4, 0.5) is 0 Å². The molecule has 1 fully saturated rings. The van der Waals surface area contributed by atoms with Gasteiger partial charge in [-0.15, -0.1) is 0 Å². The molecule has 1 unspecified atom stereocenters. The van der Waals surface area contributed by atoms with E-state index < -0.39 is 0 Å². The molecule has 1 aromatic carbocycles. The first-order valence-electron chi connectivity index (χ1n) is 9.44. The number of hydrogen-bond donors (Lipinski definition) is 3. The maximum absolute atomic E-state index is 11.0. The molecular formula is C19H30ClN5O2. The van der Waals surface area contributed by atoms with Crippen molar-refractivity contribution in [1.82, 2.24) is 15.5 Å². The molecule has 1 aliphatic rings. The standard InChI is InChI=1S/C19H30ClN5O2/c1-3-22-19(24-16-8-10-25(11-9-16)13-18(21)26)23-12-14(2)27-17-6-4-15(20)5-7-17/h4-7,14,16H,3,8-13H2,1-2H3,(H2,21,26)(H2,22,23,24). The summed E-state index contributed by atoms with van der Waals surface area (Å²) in [4.78, 5) is 17.8. The molecule has 1 aliphatic heterocycles. The first-order valence-corrected chi connectivity index (χ1v) is 9.81.